The number of hydrogen-bond acceptors (Lipinski definition) is 8. The molecule has 3 aromatic rings. The van der Waals surface area contributed by atoms with Gasteiger partial charge in [0.1, 0.15) is 0 Å². The Morgan fingerprint density at radius 3 is 2.96 bits per heavy atom. The van der Waals surface area contributed by atoms with Crippen molar-refractivity contribution in [3.05, 3.63) is 35.1 Å². The van der Waals surface area contributed by atoms with E-state index in [1.165, 1.54) is 0 Å². The molecule has 4 rings (SSSR count). The zero-order valence-electron chi connectivity index (χ0n) is 15.1. The van der Waals surface area contributed by atoms with Gasteiger partial charge in [-0.25, -0.2) is 0 Å². The quantitative estimate of drug-likeness (QED) is 0.660. The van der Waals surface area contributed by atoms with Crippen LogP contribution in [0.3, 0.4) is 0 Å². The van der Waals surface area contributed by atoms with Gasteiger partial charge in [-0.1, -0.05) is 29.2 Å². The van der Waals surface area contributed by atoms with Crippen molar-refractivity contribution >= 4 is 17.2 Å². The van der Waals surface area contributed by atoms with Crippen molar-refractivity contribution in [1.29, 1.82) is 0 Å². The van der Waals surface area contributed by atoms with Crippen molar-refractivity contribution < 1.29 is 13.8 Å². The second kappa shape index (κ2) is 7.99. The Balaban J connectivity index is 1.42. The Morgan fingerprint density at radius 1 is 1.26 bits per heavy atom. The normalized spacial score (nSPS) is 17.8. The van der Waals surface area contributed by atoms with Crippen LogP contribution in [0.1, 0.15) is 55.8 Å². The molecule has 27 heavy (non-hydrogen) atoms. The Morgan fingerprint density at radius 2 is 2.19 bits per heavy atom. The van der Waals surface area contributed by atoms with Gasteiger partial charge in [-0.05, 0) is 24.3 Å². The third-order valence-electron chi connectivity index (χ3n) is 4.68. The highest BCUT2D eigenvalue weighted by molar-refractivity contribution is 7.13. The minimum absolute atomic E-state index is 0.0558. The lowest BCUT2D eigenvalue weighted by Gasteiger charge is -2.27. The summed E-state index contributed by atoms with van der Waals surface area (Å²) in [6.45, 7) is 2.47. The van der Waals surface area contributed by atoms with Gasteiger partial charge >= 0.3 is 0 Å². The van der Waals surface area contributed by atoms with Crippen molar-refractivity contribution in [3.63, 3.8) is 0 Å². The third kappa shape index (κ3) is 4.08. The zero-order chi connectivity index (χ0) is 18.6. The van der Waals surface area contributed by atoms with E-state index in [0.717, 1.165) is 30.6 Å². The standard InChI is InChI=1S/C18H21N5O3S/c1-12-19-17(21-25-12)13-6-3-2-4-10-23(13)16(24)9-8-15-20-18(22-26-15)14-7-5-11-27-14/h5,7,11,13H,2-4,6,8-10H2,1H3/t13-/m0/s1. The lowest BCUT2D eigenvalue weighted by molar-refractivity contribution is -0.133. The molecule has 9 heteroatoms. The van der Waals surface area contributed by atoms with Crippen molar-refractivity contribution in [2.45, 2.75) is 51.5 Å². The topological polar surface area (TPSA) is 98.2 Å². The first kappa shape index (κ1) is 17.8. The molecule has 1 atom stereocenters. The Hall–Kier alpha value is -2.55. The highest BCUT2D eigenvalue weighted by Crippen LogP contribution is 2.29. The summed E-state index contributed by atoms with van der Waals surface area (Å²) in [6, 6.07) is 3.76. The van der Waals surface area contributed by atoms with Crippen LogP contribution in [0.15, 0.2) is 26.6 Å². The lowest BCUT2D eigenvalue weighted by Crippen LogP contribution is -2.35. The average molecular weight is 387 g/mol. The molecule has 1 saturated heterocycles. The highest BCUT2D eigenvalue weighted by Gasteiger charge is 2.30. The fourth-order valence-corrected chi connectivity index (χ4v) is 3.99. The first-order chi connectivity index (χ1) is 13.2. The first-order valence-corrected chi connectivity index (χ1v) is 10.0. The molecule has 0 unspecified atom stereocenters. The molecule has 1 aliphatic heterocycles. The van der Waals surface area contributed by atoms with Crippen LogP contribution in [0.5, 0.6) is 0 Å². The number of aryl methyl sites for hydroxylation is 2. The van der Waals surface area contributed by atoms with Gasteiger partial charge in [-0.15, -0.1) is 11.3 Å². The fraction of sp³-hybridized carbons (Fsp3) is 0.500. The fourth-order valence-electron chi connectivity index (χ4n) is 3.35. The van der Waals surface area contributed by atoms with Crippen LogP contribution < -0.4 is 0 Å². The molecule has 0 bridgehead atoms. The summed E-state index contributed by atoms with van der Waals surface area (Å²) < 4.78 is 10.4. The minimum atomic E-state index is -0.123. The molecule has 0 saturated carbocycles. The second-order valence-corrected chi connectivity index (χ2v) is 7.56. The summed E-state index contributed by atoms with van der Waals surface area (Å²) >= 11 is 1.56. The summed E-state index contributed by atoms with van der Waals surface area (Å²) in [5.41, 5.74) is 0. The number of carbonyl (C=O) groups is 1. The van der Waals surface area contributed by atoms with Crippen LogP contribution in [-0.4, -0.2) is 37.6 Å². The van der Waals surface area contributed by atoms with E-state index in [9.17, 15) is 4.79 Å². The Bertz CT molecular complexity index is 889. The third-order valence-corrected chi connectivity index (χ3v) is 5.54. The van der Waals surface area contributed by atoms with Gasteiger partial charge < -0.3 is 13.9 Å². The number of thiophene rings is 1. The molecule has 0 spiro atoms. The molecule has 0 radical (unpaired) electrons. The SMILES string of the molecule is Cc1nc([C@@H]2CCCCCN2C(=O)CCc2nc(-c3cccs3)no2)no1. The van der Waals surface area contributed by atoms with Gasteiger partial charge in [0.15, 0.2) is 5.82 Å². The van der Waals surface area contributed by atoms with E-state index >= 15 is 0 Å². The molecule has 1 amide bonds. The van der Waals surface area contributed by atoms with Crippen molar-refractivity contribution in [2.75, 3.05) is 6.54 Å². The maximum absolute atomic E-state index is 12.9. The van der Waals surface area contributed by atoms with Crippen LogP contribution in [0, 0.1) is 6.92 Å². The molecule has 8 nitrogen and oxygen atoms in total. The van der Waals surface area contributed by atoms with E-state index in [0.29, 0.717) is 42.8 Å². The van der Waals surface area contributed by atoms with E-state index < -0.39 is 0 Å². The number of carbonyl (C=O) groups excluding carboxylic acids is 1. The van der Waals surface area contributed by atoms with Crippen molar-refractivity contribution in [1.82, 2.24) is 25.2 Å². The smallest absolute Gasteiger partial charge is 0.227 e. The summed E-state index contributed by atoms with van der Waals surface area (Å²) in [6.07, 6.45) is 4.74. The predicted molar refractivity (Wildman–Crippen MR) is 97.9 cm³/mol. The minimum Gasteiger partial charge on any atom is -0.340 e. The van der Waals surface area contributed by atoms with Gasteiger partial charge in [-0.3, -0.25) is 4.79 Å². The molecule has 0 N–H and O–H groups in total. The van der Waals surface area contributed by atoms with Gasteiger partial charge in [0.05, 0.1) is 10.9 Å². The predicted octanol–water partition coefficient (Wildman–Crippen LogP) is 3.57. The van der Waals surface area contributed by atoms with Crippen LogP contribution >= 0.6 is 11.3 Å². The average Bonchev–Trinajstić information content (AvgIpc) is 3.39. The zero-order valence-corrected chi connectivity index (χ0v) is 15.9. The van der Waals surface area contributed by atoms with E-state index in [-0.39, 0.29) is 11.9 Å². The van der Waals surface area contributed by atoms with Crippen molar-refractivity contribution in [2.24, 2.45) is 0 Å². The molecular formula is C18H21N5O3S. The number of amides is 1. The molecule has 1 aliphatic rings. The monoisotopic (exact) mass is 387 g/mol. The lowest BCUT2D eigenvalue weighted by atomic mass is 10.1. The highest BCUT2D eigenvalue weighted by atomic mass is 32.1. The Labute approximate surface area is 160 Å². The van der Waals surface area contributed by atoms with Crippen molar-refractivity contribution in [3.8, 4) is 10.7 Å². The molecule has 3 aromatic heterocycles. The van der Waals surface area contributed by atoms with Gasteiger partial charge in [0.25, 0.3) is 0 Å². The largest absolute Gasteiger partial charge is 0.340 e. The maximum Gasteiger partial charge on any atom is 0.227 e. The van der Waals surface area contributed by atoms with Gasteiger partial charge in [0, 0.05) is 26.3 Å². The van der Waals surface area contributed by atoms with Crippen LogP contribution in [0.4, 0.5) is 0 Å². The molecule has 0 aromatic carbocycles. The van der Waals surface area contributed by atoms with Gasteiger partial charge in [0.2, 0.25) is 23.5 Å². The Kier molecular flexibility index (Phi) is 5.28. The number of aromatic nitrogens is 4. The summed E-state index contributed by atoms with van der Waals surface area (Å²) in [4.78, 5) is 24.5. The molecular weight excluding hydrogens is 366 g/mol. The summed E-state index contributed by atoms with van der Waals surface area (Å²) in [5, 5.41) is 10.0. The molecule has 1 fully saturated rings. The second-order valence-electron chi connectivity index (χ2n) is 6.61. The van der Waals surface area contributed by atoms with Crippen LogP contribution in [-0.2, 0) is 11.2 Å². The first-order valence-electron chi connectivity index (χ1n) is 9.17. The number of likely N-dealkylation sites (tertiary alicyclic amines) is 1. The number of hydrogen-bond donors (Lipinski definition) is 0. The van der Waals surface area contributed by atoms with E-state index in [4.69, 9.17) is 9.05 Å². The van der Waals surface area contributed by atoms with E-state index in [2.05, 4.69) is 20.3 Å². The molecule has 0 aliphatic carbocycles. The number of nitrogens with zero attached hydrogens (tertiary/aromatic N) is 5. The summed E-state index contributed by atoms with van der Waals surface area (Å²) in [5.74, 6) is 2.23. The van der Waals surface area contributed by atoms with Crippen LogP contribution in [0.2, 0.25) is 0 Å². The number of rotatable bonds is 5. The molecule has 4 heterocycles. The summed E-state index contributed by atoms with van der Waals surface area (Å²) in [7, 11) is 0. The van der Waals surface area contributed by atoms with Gasteiger partial charge in [-0.2, -0.15) is 9.97 Å². The van der Waals surface area contributed by atoms with E-state index in [1.807, 2.05) is 22.4 Å². The molecule has 142 valence electrons. The van der Waals surface area contributed by atoms with E-state index in [1.54, 1.807) is 18.3 Å². The van der Waals surface area contributed by atoms with Crippen LogP contribution in [0.25, 0.3) is 10.7 Å². The maximum atomic E-state index is 12.9.